The third-order valence-corrected chi connectivity index (χ3v) is 8.85. The van der Waals surface area contributed by atoms with Gasteiger partial charge >= 0.3 is 0 Å². The summed E-state index contributed by atoms with van der Waals surface area (Å²) in [5.74, 6) is 4.81. The van der Waals surface area contributed by atoms with Gasteiger partial charge < -0.3 is 18.8 Å². The first-order chi connectivity index (χ1) is 18.4. The van der Waals surface area contributed by atoms with Crippen LogP contribution in [-0.4, -0.2) is 28.4 Å². The molecular formula is C32H41NO4S. The van der Waals surface area contributed by atoms with Crippen LogP contribution in [0.5, 0.6) is 17.2 Å². The van der Waals surface area contributed by atoms with Crippen molar-refractivity contribution >= 4 is 17.4 Å². The van der Waals surface area contributed by atoms with Crippen LogP contribution in [0.15, 0.2) is 70.6 Å². The molecule has 3 atom stereocenters. The van der Waals surface area contributed by atoms with Gasteiger partial charge in [0.05, 0.1) is 6.61 Å². The first-order valence-electron chi connectivity index (χ1n) is 13.8. The second-order valence-electron chi connectivity index (χ2n) is 10.3. The summed E-state index contributed by atoms with van der Waals surface area (Å²) in [5.41, 5.74) is 4.50. The van der Waals surface area contributed by atoms with E-state index >= 15 is 0 Å². The Bertz CT molecular complexity index is 1180. The van der Waals surface area contributed by atoms with E-state index in [-0.39, 0.29) is 11.2 Å². The lowest BCUT2D eigenvalue weighted by Gasteiger charge is -2.15. The summed E-state index contributed by atoms with van der Waals surface area (Å²) in [6.45, 7) is 11.7. The van der Waals surface area contributed by atoms with Gasteiger partial charge in [0.25, 0.3) is 0 Å². The summed E-state index contributed by atoms with van der Waals surface area (Å²) in [7, 11) is 0. The van der Waals surface area contributed by atoms with E-state index in [2.05, 4.69) is 45.9 Å². The highest BCUT2D eigenvalue weighted by Crippen LogP contribution is 2.34. The number of hydrogen-bond acceptors (Lipinski definition) is 5. The molecule has 1 aliphatic carbocycles. The number of aryl methyl sites for hydroxylation is 1. The van der Waals surface area contributed by atoms with Gasteiger partial charge in [-0.1, -0.05) is 39.0 Å². The molecular weight excluding hydrogens is 494 g/mol. The first kappa shape index (κ1) is 28.3. The number of hydrogen-bond donors (Lipinski definition) is 0. The maximum absolute atomic E-state index is 11.7. The van der Waals surface area contributed by atoms with Gasteiger partial charge in [0.15, 0.2) is 11.0 Å². The fourth-order valence-electron chi connectivity index (χ4n) is 4.26. The molecule has 0 radical (unpaired) electrons. The second-order valence-corrected chi connectivity index (χ2v) is 12.0. The van der Waals surface area contributed by atoms with Crippen LogP contribution < -0.4 is 9.47 Å². The number of nitrogens with zero attached hydrogens (tertiary/aromatic N) is 1. The lowest BCUT2D eigenvalue weighted by atomic mass is 9.99. The summed E-state index contributed by atoms with van der Waals surface area (Å²) >= 11 is -0.687. The van der Waals surface area contributed by atoms with Gasteiger partial charge in [-0.3, -0.25) is 0 Å². The standard InChI is InChI=1S/C32H41NO4S/c1-6-22(4)32(33-18-26(8-3)23(5)31-21-38(31)34)36-20-27-14-15-30(16-25(27)7-2)37-29-11-9-10-28(17-29)35-19-24-12-13-24/h8-11,14-18,23-24,31H,6-7,12-13,19-21H2,1-5H3/b26-8+,32-22+,33-18-/t23?,31-,38?/m0/s1. The molecule has 2 aliphatic rings. The maximum Gasteiger partial charge on any atom is 0.212 e. The van der Waals surface area contributed by atoms with Crippen molar-refractivity contribution in [2.45, 2.75) is 72.2 Å². The van der Waals surface area contributed by atoms with E-state index in [1.54, 1.807) is 0 Å². The zero-order chi connectivity index (χ0) is 27.1. The zero-order valence-corrected chi connectivity index (χ0v) is 24.2. The van der Waals surface area contributed by atoms with Gasteiger partial charge in [0.1, 0.15) is 23.9 Å². The Labute approximate surface area is 231 Å². The Morgan fingerprint density at radius 2 is 1.84 bits per heavy atom. The van der Waals surface area contributed by atoms with Crippen molar-refractivity contribution in [3.05, 3.63) is 76.7 Å². The Hall–Kier alpha value is -2.70. The molecule has 6 heteroatoms. The van der Waals surface area contributed by atoms with Gasteiger partial charge in [-0.2, -0.15) is 0 Å². The molecule has 0 bridgehead atoms. The quantitative estimate of drug-likeness (QED) is 0.107. The van der Waals surface area contributed by atoms with Crippen LogP contribution in [0, 0.1) is 11.8 Å². The monoisotopic (exact) mass is 535 g/mol. The molecule has 204 valence electrons. The number of benzene rings is 2. The van der Waals surface area contributed by atoms with Crippen LogP contribution in [0.25, 0.3) is 0 Å². The van der Waals surface area contributed by atoms with E-state index in [1.807, 2.05) is 43.5 Å². The minimum absolute atomic E-state index is 0.234. The Balaban J connectivity index is 1.40. The van der Waals surface area contributed by atoms with Crippen molar-refractivity contribution in [1.82, 2.24) is 0 Å². The van der Waals surface area contributed by atoms with Crippen molar-refractivity contribution in [3.63, 3.8) is 0 Å². The van der Waals surface area contributed by atoms with Crippen LogP contribution >= 0.6 is 0 Å². The highest BCUT2D eigenvalue weighted by atomic mass is 32.2. The molecule has 0 amide bonds. The third-order valence-electron chi connectivity index (χ3n) is 7.34. The molecule has 38 heavy (non-hydrogen) atoms. The molecule has 1 saturated heterocycles. The summed E-state index contributed by atoms with van der Waals surface area (Å²) in [6, 6.07) is 14.0. The molecule has 0 aromatic heterocycles. The Morgan fingerprint density at radius 1 is 1.11 bits per heavy atom. The number of rotatable bonds is 14. The summed E-state index contributed by atoms with van der Waals surface area (Å²) in [5, 5.41) is 0.249. The van der Waals surface area contributed by atoms with Gasteiger partial charge in [-0.05, 0) is 103 Å². The molecule has 2 aromatic rings. The largest absolute Gasteiger partial charge is 0.616 e. The molecule has 2 fully saturated rings. The van der Waals surface area contributed by atoms with Gasteiger partial charge in [0, 0.05) is 18.2 Å². The molecule has 1 aliphatic heterocycles. The molecule has 0 spiro atoms. The lowest BCUT2D eigenvalue weighted by molar-refractivity contribution is 0.192. The number of ether oxygens (including phenoxy) is 3. The molecule has 2 unspecified atom stereocenters. The molecule has 4 rings (SSSR count). The average Bonchev–Trinajstić information content (AvgIpc) is 3.87. The Kier molecular flexibility index (Phi) is 9.97. The predicted octanol–water partition coefficient (Wildman–Crippen LogP) is 7.77. The fraction of sp³-hybridized carbons (Fsp3) is 0.469. The highest BCUT2D eigenvalue weighted by Gasteiger charge is 2.46. The Morgan fingerprint density at radius 3 is 2.50 bits per heavy atom. The minimum atomic E-state index is -0.687. The molecule has 2 aromatic carbocycles. The molecule has 5 nitrogen and oxygen atoms in total. The average molecular weight is 536 g/mol. The van der Waals surface area contributed by atoms with Gasteiger partial charge in [-0.15, -0.1) is 0 Å². The summed E-state index contributed by atoms with van der Waals surface area (Å²) in [4.78, 5) is 4.73. The van der Waals surface area contributed by atoms with Crippen molar-refractivity contribution in [3.8, 4) is 17.2 Å². The molecule has 1 saturated carbocycles. The summed E-state index contributed by atoms with van der Waals surface area (Å²) < 4.78 is 30.1. The van der Waals surface area contributed by atoms with Crippen LogP contribution in [0.4, 0.5) is 0 Å². The molecule has 0 N–H and O–H groups in total. The smallest absolute Gasteiger partial charge is 0.212 e. The fourth-order valence-corrected chi connectivity index (χ4v) is 5.58. The van der Waals surface area contributed by atoms with E-state index in [0.29, 0.717) is 18.4 Å². The zero-order valence-electron chi connectivity index (χ0n) is 23.4. The van der Waals surface area contributed by atoms with E-state index in [9.17, 15) is 4.55 Å². The van der Waals surface area contributed by atoms with Crippen molar-refractivity contribution in [2.75, 3.05) is 12.4 Å². The van der Waals surface area contributed by atoms with Gasteiger partial charge in [-0.25, -0.2) is 4.99 Å². The van der Waals surface area contributed by atoms with Crippen molar-refractivity contribution in [1.29, 1.82) is 0 Å². The van der Waals surface area contributed by atoms with Crippen LogP contribution in [0.1, 0.15) is 65.0 Å². The SMILES string of the molecule is C\C=C(/C=N\C(OCc1ccc(Oc2cccc(OCC3CC3)c2)cc1CC)=C(\C)CC)C(C)[C@@H]1C[S+]1[O-]. The minimum Gasteiger partial charge on any atom is -0.616 e. The summed E-state index contributed by atoms with van der Waals surface area (Å²) in [6.07, 6.45) is 8.21. The number of aliphatic imine (C=N–C) groups is 1. The highest BCUT2D eigenvalue weighted by molar-refractivity contribution is 7.99. The van der Waals surface area contributed by atoms with Crippen molar-refractivity contribution in [2.24, 2.45) is 16.8 Å². The van der Waals surface area contributed by atoms with Gasteiger partial charge in [0.2, 0.25) is 5.88 Å². The first-order valence-corrected chi connectivity index (χ1v) is 15.2. The second kappa shape index (κ2) is 13.4. The van der Waals surface area contributed by atoms with E-state index in [0.717, 1.165) is 59.2 Å². The van der Waals surface area contributed by atoms with E-state index in [1.165, 1.54) is 18.4 Å². The number of allylic oxidation sites excluding steroid dienone is 3. The normalized spacial score (nSPS) is 20.7. The topological polar surface area (TPSA) is 63.1 Å². The van der Waals surface area contributed by atoms with Crippen LogP contribution in [0.3, 0.4) is 0 Å². The third kappa shape index (κ3) is 7.90. The predicted molar refractivity (Wildman–Crippen MR) is 157 cm³/mol. The van der Waals surface area contributed by atoms with Crippen LogP contribution in [-0.2, 0) is 28.9 Å². The van der Waals surface area contributed by atoms with E-state index < -0.39 is 11.2 Å². The molecule has 1 heterocycles. The maximum atomic E-state index is 11.7. The lowest BCUT2D eigenvalue weighted by Crippen LogP contribution is -2.10. The van der Waals surface area contributed by atoms with Crippen molar-refractivity contribution < 1.29 is 18.8 Å². The van der Waals surface area contributed by atoms with Crippen LogP contribution in [0.2, 0.25) is 0 Å². The van der Waals surface area contributed by atoms with E-state index in [4.69, 9.17) is 19.2 Å².